The van der Waals surface area contributed by atoms with E-state index in [1.165, 1.54) is 7.11 Å². The summed E-state index contributed by atoms with van der Waals surface area (Å²) in [6.45, 7) is 0. The van der Waals surface area contributed by atoms with Gasteiger partial charge in [0.15, 0.2) is 0 Å². The Morgan fingerprint density at radius 2 is 2.36 bits per heavy atom. The zero-order valence-electron chi connectivity index (χ0n) is 7.33. The number of hydrogen-bond acceptors (Lipinski definition) is 5. The molecule has 14 heavy (non-hydrogen) atoms. The van der Waals surface area contributed by atoms with Crippen LogP contribution in [0.3, 0.4) is 0 Å². The molecule has 5 N–H and O–H groups in total. The van der Waals surface area contributed by atoms with Crippen LogP contribution in [0.15, 0.2) is 10.9 Å². The highest BCUT2D eigenvalue weighted by Crippen LogP contribution is 2.17. The molecule has 1 aromatic heterocycles. The standard InChI is InChI=1S/C7H9N3O4/c1-14-7-5(12)4(11)2-3(9-7)6(13)10-8/h2,12H,8H2,1H3,(H,9,11)(H,10,13). The van der Waals surface area contributed by atoms with Crippen molar-refractivity contribution in [3.8, 4) is 11.6 Å². The van der Waals surface area contributed by atoms with Crippen molar-refractivity contribution in [2.75, 3.05) is 7.11 Å². The number of aromatic hydroxyl groups is 1. The van der Waals surface area contributed by atoms with Crippen LogP contribution in [-0.4, -0.2) is 23.1 Å². The summed E-state index contributed by atoms with van der Waals surface area (Å²) < 4.78 is 4.63. The maximum absolute atomic E-state index is 11.1. The van der Waals surface area contributed by atoms with Gasteiger partial charge in [-0.05, 0) is 0 Å². The van der Waals surface area contributed by atoms with Crippen molar-refractivity contribution in [2.24, 2.45) is 5.84 Å². The Kier molecular flexibility index (Phi) is 2.73. The molecule has 0 saturated heterocycles. The first-order chi connectivity index (χ1) is 6.60. The van der Waals surface area contributed by atoms with Gasteiger partial charge in [0.05, 0.1) is 7.11 Å². The van der Waals surface area contributed by atoms with Crippen LogP contribution in [0.5, 0.6) is 11.6 Å². The third-order valence-electron chi connectivity index (χ3n) is 1.55. The van der Waals surface area contributed by atoms with Crippen molar-refractivity contribution in [3.63, 3.8) is 0 Å². The molecule has 0 unspecified atom stereocenters. The summed E-state index contributed by atoms with van der Waals surface area (Å²) in [5.74, 6) is 3.41. The van der Waals surface area contributed by atoms with Crippen LogP contribution >= 0.6 is 0 Å². The van der Waals surface area contributed by atoms with E-state index in [9.17, 15) is 9.59 Å². The lowest BCUT2D eigenvalue weighted by atomic mass is 10.3. The minimum Gasteiger partial charge on any atom is -0.500 e. The minimum atomic E-state index is -0.723. The van der Waals surface area contributed by atoms with Crippen molar-refractivity contribution >= 4 is 5.91 Å². The summed E-state index contributed by atoms with van der Waals surface area (Å²) in [6.07, 6.45) is 0. The zero-order valence-corrected chi connectivity index (χ0v) is 7.33. The van der Waals surface area contributed by atoms with E-state index in [1.54, 1.807) is 0 Å². The number of H-pyrrole nitrogens is 1. The predicted molar refractivity (Wildman–Crippen MR) is 46.9 cm³/mol. The Bertz CT molecular complexity index is 412. The molecule has 0 saturated carbocycles. The molecule has 0 aliphatic carbocycles. The largest absolute Gasteiger partial charge is 0.500 e. The molecule has 0 fully saturated rings. The number of aromatic nitrogens is 1. The fourth-order valence-electron chi connectivity index (χ4n) is 0.877. The van der Waals surface area contributed by atoms with Crippen molar-refractivity contribution in [3.05, 3.63) is 22.0 Å². The van der Waals surface area contributed by atoms with E-state index in [-0.39, 0.29) is 11.6 Å². The molecule has 0 aliphatic heterocycles. The molecule has 1 heterocycles. The Morgan fingerprint density at radius 3 is 2.86 bits per heavy atom. The smallest absolute Gasteiger partial charge is 0.281 e. The number of methoxy groups -OCH3 is 1. The van der Waals surface area contributed by atoms with E-state index in [1.807, 2.05) is 5.43 Å². The van der Waals surface area contributed by atoms with Gasteiger partial charge in [-0.15, -0.1) is 0 Å². The summed E-state index contributed by atoms with van der Waals surface area (Å²) in [6, 6.07) is 0.917. The van der Waals surface area contributed by atoms with Gasteiger partial charge in [-0.2, -0.15) is 0 Å². The lowest BCUT2D eigenvalue weighted by Gasteiger charge is -2.05. The first kappa shape index (κ1) is 10.1. The highest BCUT2D eigenvalue weighted by molar-refractivity contribution is 5.92. The SMILES string of the molecule is COc1[nH]c(C(=O)NN)cc(=O)c1O. The maximum Gasteiger partial charge on any atom is 0.281 e. The molecule has 1 amide bonds. The zero-order chi connectivity index (χ0) is 10.7. The number of hydrogen-bond donors (Lipinski definition) is 4. The molecule has 7 heteroatoms. The number of ether oxygens (including phenoxy) is 1. The lowest BCUT2D eigenvalue weighted by Crippen LogP contribution is -2.31. The summed E-state index contributed by atoms with van der Waals surface area (Å²) in [4.78, 5) is 24.5. The summed E-state index contributed by atoms with van der Waals surface area (Å²) in [5.41, 5.74) is 1.02. The van der Waals surface area contributed by atoms with Crippen LogP contribution in [0.4, 0.5) is 0 Å². The highest BCUT2D eigenvalue weighted by atomic mass is 16.5. The monoisotopic (exact) mass is 199 g/mol. The number of carbonyl (C=O) groups excluding carboxylic acids is 1. The number of carbonyl (C=O) groups is 1. The number of rotatable bonds is 2. The van der Waals surface area contributed by atoms with Gasteiger partial charge in [0.25, 0.3) is 5.91 Å². The van der Waals surface area contributed by atoms with Crippen molar-refractivity contribution in [1.29, 1.82) is 0 Å². The number of nitrogens with two attached hydrogens (primary N) is 1. The second-order valence-corrected chi connectivity index (χ2v) is 2.40. The normalized spacial score (nSPS) is 9.57. The second kappa shape index (κ2) is 3.79. The van der Waals surface area contributed by atoms with E-state index >= 15 is 0 Å². The predicted octanol–water partition coefficient (Wildman–Crippen LogP) is -1.31. The first-order valence-corrected chi connectivity index (χ1v) is 3.61. The Morgan fingerprint density at radius 1 is 1.71 bits per heavy atom. The van der Waals surface area contributed by atoms with Gasteiger partial charge in [0.2, 0.25) is 17.1 Å². The van der Waals surface area contributed by atoms with Crippen LogP contribution in [0, 0.1) is 0 Å². The second-order valence-electron chi connectivity index (χ2n) is 2.40. The van der Waals surface area contributed by atoms with Gasteiger partial charge in [0.1, 0.15) is 5.69 Å². The molecule has 0 spiro atoms. The molecule has 0 radical (unpaired) electrons. The van der Waals surface area contributed by atoms with Gasteiger partial charge in [-0.25, -0.2) is 5.84 Å². The molecule has 76 valence electrons. The Hall–Kier alpha value is -2.02. The first-order valence-electron chi connectivity index (χ1n) is 3.61. The van der Waals surface area contributed by atoms with Gasteiger partial charge >= 0.3 is 0 Å². The summed E-state index contributed by atoms with van der Waals surface area (Å²) in [7, 11) is 1.25. The molecule has 0 atom stereocenters. The molecule has 1 rings (SSSR count). The molecule has 1 aromatic rings. The van der Waals surface area contributed by atoms with Gasteiger partial charge in [-0.1, -0.05) is 0 Å². The van der Waals surface area contributed by atoms with Crippen LogP contribution in [0.2, 0.25) is 0 Å². The van der Waals surface area contributed by atoms with Crippen LogP contribution < -0.4 is 21.4 Å². The molecule has 0 aromatic carbocycles. The molecule has 0 bridgehead atoms. The van der Waals surface area contributed by atoms with E-state index < -0.39 is 17.1 Å². The average Bonchev–Trinajstić information content (AvgIpc) is 2.20. The average molecular weight is 199 g/mol. The van der Waals surface area contributed by atoms with Crippen molar-refractivity contribution < 1.29 is 14.6 Å². The van der Waals surface area contributed by atoms with E-state index in [0.29, 0.717) is 0 Å². The summed E-state index contributed by atoms with van der Waals surface area (Å²) in [5, 5.41) is 9.14. The van der Waals surface area contributed by atoms with Crippen molar-refractivity contribution in [2.45, 2.75) is 0 Å². The third-order valence-corrected chi connectivity index (χ3v) is 1.55. The van der Waals surface area contributed by atoms with Crippen LogP contribution in [0.1, 0.15) is 10.5 Å². The Labute approximate surface area is 78.5 Å². The molecular formula is C7H9N3O4. The number of aromatic amines is 1. The maximum atomic E-state index is 11.1. The fraction of sp³-hybridized carbons (Fsp3) is 0.143. The van der Waals surface area contributed by atoms with Gasteiger partial charge < -0.3 is 14.8 Å². The number of nitrogens with one attached hydrogen (secondary N) is 2. The quantitative estimate of drug-likeness (QED) is 0.268. The van der Waals surface area contributed by atoms with Gasteiger partial charge in [0, 0.05) is 6.07 Å². The van der Waals surface area contributed by atoms with Crippen LogP contribution in [0.25, 0.3) is 0 Å². The lowest BCUT2D eigenvalue weighted by molar-refractivity contribution is 0.0947. The van der Waals surface area contributed by atoms with E-state index in [4.69, 9.17) is 10.9 Å². The van der Waals surface area contributed by atoms with Crippen LogP contribution in [-0.2, 0) is 0 Å². The molecule has 0 aliphatic rings. The topological polar surface area (TPSA) is 117 Å². The number of hydrazine groups is 1. The molecule has 7 nitrogen and oxygen atoms in total. The number of nitrogen functional groups attached to an aromatic ring is 1. The number of pyridine rings is 1. The van der Waals surface area contributed by atoms with E-state index in [0.717, 1.165) is 6.07 Å². The Balaban J connectivity index is 3.30. The molecular weight excluding hydrogens is 190 g/mol. The fourth-order valence-corrected chi connectivity index (χ4v) is 0.877. The highest BCUT2D eigenvalue weighted by Gasteiger charge is 2.12. The van der Waals surface area contributed by atoms with Crippen molar-refractivity contribution in [1.82, 2.24) is 10.4 Å². The van der Waals surface area contributed by atoms with Gasteiger partial charge in [-0.3, -0.25) is 15.0 Å². The van der Waals surface area contributed by atoms with E-state index in [2.05, 4.69) is 9.72 Å². The summed E-state index contributed by atoms with van der Waals surface area (Å²) >= 11 is 0. The number of amides is 1. The third kappa shape index (κ3) is 1.67. The minimum absolute atomic E-state index is 0.0906.